The number of nitrogens with one attached hydrogen (secondary N) is 1. The molecule has 1 aromatic carbocycles. The van der Waals surface area contributed by atoms with Gasteiger partial charge in [0.2, 0.25) is 5.91 Å². The number of hydrogen-bond acceptors (Lipinski definition) is 5. The van der Waals surface area contributed by atoms with Crippen LogP contribution in [0.3, 0.4) is 0 Å². The fraction of sp³-hybridized carbons (Fsp3) is 0.636. The first-order valence-electron chi connectivity index (χ1n) is 10.3. The second kappa shape index (κ2) is 9.59. The predicted octanol–water partition coefficient (Wildman–Crippen LogP) is 2.39. The van der Waals surface area contributed by atoms with Crippen LogP contribution in [0.1, 0.15) is 49.9 Å². The standard InChI is InChI=1S/C22H32N2O5/c1-22(2)14-17(10-13-28-22)23-21(26)16-4-6-18(7-5-16)29-19-8-11-24(12-9-19)20(25)15-27-3/h4-7,17,19H,8-15H2,1-3H3,(H,23,26)/t17-/m1/s1. The first kappa shape index (κ1) is 21.6. The molecule has 0 radical (unpaired) electrons. The van der Waals surface area contributed by atoms with Crippen LogP contribution in [0.15, 0.2) is 24.3 Å². The van der Waals surface area contributed by atoms with E-state index in [1.807, 2.05) is 17.0 Å². The molecule has 0 aliphatic carbocycles. The highest BCUT2D eigenvalue weighted by Gasteiger charge is 2.30. The lowest BCUT2D eigenvalue weighted by Gasteiger charge is -2.35. The number of hydrogen-bond donors (Lipinski definition) is 1. The lowest BCUT2D eigenvalue weighted by atomic mass is 9.94. The van der Waals surface area contributed by atoms with Crippen molar-refractivity contribution in [3.8, 4) is 5.75 Å². The first-order chi connectivity index (χ1) is 13.9. The number of carbonyl (C=O) groups is 2. The quantitative estimate of drug-likeness (QED) is 0.788. The first-order valence-corrected chi connectivity index (χ1v) is 10.3. The minimum Gasteiger partial charge on any atom is -0.490 e. The van der Waals surface area contributed by atoms with Crippen molar-refractivity contribution in [3.05, 3.63) is 29.8 Å². The number of amides is 2. The van der Waals surface area contributed by atoms with Crippen LogP contribution in [0, 0.1) is 0 Å². The number of ether oxygens (including phenoxy) is 3. The van der Waals surface area contributed by atoms with Gasteiger partial charge in [0.15, 0.2) is 0 Å². The van der Waals surface area contributed by atoms with Crippen LogP contribution in [-0.4, -0.2) is 67.9 Å². The van der Waals surface area contributed by atoms with Gasteiger partial charge in [0.05, 0.1) is 5.60 Å². The highest BCUT2D eigenvalue weighted by atomic mass is 16.5. The lowest BCUT2D eigenvalue weighted by molar-refractivity contribution is -0.136. The van der Waals surface area contributed by atoms with E-state index in [2.05, 4.69) is 19.2 Å². The van der Waals surface area contributed by atoms with E-state index in [-0.39, 0.29) is 36.2 Å². The number of benzene rings is 1. The average Bonchev–Trinajstić information content (AvgIpc) is 2.68. The Balaban J connectivity index is 1.46. The summed E-state index contributed by atoms with van der Waals surface area (Å²) < 4.78 is 16.7. The molecule has 2 fully saturated rings. The number of rotatable bonds is 6. The van der Waals surface area contributed by atoms with Gasteiger partial charge in [0, 0.05) is 51.3 Å². The predicted molar refractivity (Wildman–Crippen MR) is 109 cm³/mol. The second-order valence-electron chi connectivity index (χ2n) is 8.43. The van der Waals surface area contributed by atoms with Crippen LogP contribution in [0.25, 0.3) is 0 Å². The van der Waals surface area contributed by atoms with Crippen LogP contribution in [0.4, 0.5) is 0 Å². The van der Waals surface area contributed by atoms with Crippen molar-refractivity contribution in [2.75, 3.05) is 33.4 Å². The molecular formula is C22H32N2O5. The Morgan fingerprint density at radius 3 is 2.48 bits per heavy atom. The van der Waals surface area contributed by atoms with Gasteiger partial charge in [0.1, 0.15) is 18.5 Å². The van der Waals surface area contributed by atoms with E-state index in [1.54, 1.807) is 12.1 Å². The Hall–Kier alpha value is -2.12. The third-order valence-corrected chi connectivity index (χ3v) is 5.51. The zero-order valence-electron chi connectivity index (χ0n) is 17.6. The molecule has 0 aromatic heterocycles. The zero-order chi connectivity index (χ0) is 20.9. The maximum absolute atomic E-state index is 12.5. The second-order valence-corrected chi connectivity index (χ2v) is 8.43. The molecule has 3 rings (SSSR count). The summed E-state index contributed by atoms with van der Waals surface area (Å²) in [6.07, 6.45) is 3.30. The van der Waals surface area contributed by atoms with E-state index in [0.29, 0.717) is 25.3 Å². The number of methoxy groups -OCH3 is 1. The summed E-state index contributed by atoms with van der Waals surface area (Å²) in [4.78, 5) is 26.2. The number of piperidine rings is 1. The maximum atomic E-state index is 12.5. The Bertz CT molecular complexity index is 696. The number of nitrogens with zero attached hydrogens (tertiary/aromatic N) is 1. The summed E-state index contributed by atoms with van der Waals surface area (Å²) in [6.45, 7) is 6.25. The van der Waals surface area contributed by atoms with Crippen molar-refractivity contribution in [2.24, 2.45) is 0 Å². The average molecular weight is 405 g/mol. The highest BCUT2D eigenvalue weighted by molar-refractivity contribution is 5.94. The van der Waals surface area contributed by atoms with Gasteiger partial charge in [-0.1, -0.05) is 0 Å². The summed E-state index contributed by atoms with van der Waals surface area (Å²) in [5.41, 5.74) is 0.430. The molecule has 0 spiro atoms. The summed E-state index contributed by atoms with van der Waals surface area (Å²) >= 11 is 0. The van der Waals surface area contributed by atoms with Gasteiger partial charge < -0.3 is 24.4 Å². The number of carbonyl (C=O) groups excluding carboxylic acids is 2. The Morgan fingerprint density at radius 1 is 1.17 bits per heavy atom. The third-order valence-electron chi connectivity index (χ3n) is 5.51. The van der Waals surface area contributed by atoms with Gasteiger partial charge in [-0.25, -0.2) is 0 Å². The van der Waals surface area contributed by atoms with Gasteiger partial charge in [-0.05, 0) is 51.0 Å². The van der Waals surface area contributed by atoms with E-state index < -0.39 is 0 Å². The van der Waals surface area contributed by atoms with E-state index in [4.69, 9.17) is 14.2 Å². The third kappa shape index (κ3) is 6.18. The summed E-state index contributed by atoms with van der Waals surface area (Å²) in [5.74, 6) is 0.703. The molecule has 1 N–H and O–H groups in total. The lowest BCUT2D eigenvalue weighted by Crippen LogP contribution is -2.45. The van der Waals surface area contributed by atoms with Gasteiger partial charge >= 0.3 is 0 Å². The fourth-order valence-electron chi connectivity index (χ4n) is 3.94. The van der Waals surface area contributed by atoms with E-state index in [0.717, 1.165) is 31.4 Å². The van der Waals surface area contributed by atoms with Crippen molar-refractivity contribution < 1.29 is 23.8 Å². The molecule has 7 nitrogen and oxygen atoms in total. The minimum atomic E-state index is -0.197. The molecule has 2 saturated heterocycles. The smallest absolute Gasteiger partial charge is 0.251 e. The van der Waals surface area contributed by atoms with Gasteiger partial charge in [-0.2, -0.15) is 0 Å². The molecule has 2 amide bonds. The van der Waals surface area contributed by atoms with Crippen molar-refractivity contribution in [3.63, 3.8) is 0 Å². The largest absolute Gasteiger partial charge is 0.490 e. The summed E-state index contributed by atoms with van der Waals surface area (Å²) in [6, 6.07) is 7.41. The Kier molecular flexibility index (Phi) is 7.14. The van der Waals surface area contributed by atoms with Crippen LogP contribution in [-0.2, 0) is 14.3 Å². The molecule has 29 heavy (non-hydrogen) atoms. The highest BCUT2D eigenvalue weighted by Crippen LogP contribution is 2.24. The molecular weight excluding hydrogens is 372 g/mol. The van der Waals surface area contributed by atoms with Crippen LogP contribution in [0.2, 0.25) is 0 Å². The van der Waals surface area contributed by atoms with Crippen LogP contribution < -0.4 is 10.1 Å². The van der Waals surface area contributed by atoms with Crippen LogP contribution >= 0.6 is 0 Å². The number of likely N-dealkylation sites (tertiary alicyclic amines) is 1. The minimum absolute atomic E-state index is 0.0224. The molecule has 0 saturated carbocycles. The topological polar surface area (TPSA) is 77.1 Å². The van der Waals surface area contributed by atoms with Crippen molar-refractivity contribution in [1.82, 2.24) is 10.2 Å². The molecule has 0 bridgehead atoms. The molecule has 7 heteroatoms. The van der Waals surface area contributed by atoms with Crippen LogP contribution in [0.5, 0.6) is 5.75 Å². The van der Waals surface area contributed by atoms with Gasteiger partial charge in [-0.15, -0.1) is 0 Å². The van der Waals surface area contributed by atoms with E-state index in [1.165, 1.54) is 7.11 Å². The van der Waals surface area contributed by atoms with Gasteiger partial charge in [0.25, 0.3) is 5.91 Å². The monoisotopic (exact) mass is 404 g/mol. The van der Waals surface area contributed by atoms with Crippen molar-refractivity contribution >= 4 is 11.8 Å². The molecule has 1 aromatic rings. The Labute approximate surface area is 172 Å². The Morgan fingerprint density at radius 2 is 1.86 bits per heavy atom. The molecule has 2 heterocycles. The molecule has 2 aliphatic rings. The van der Waals surface area contributed by atoms with Gasteiger partial charge in [-0.3, -0.25) is 9.59 Å². The molecule has 2 aliphatic heterocycles. The summed E-state index contributed by atoms with van der Waals surface area (Å²) in [5, 5.41) is 3.11. The molecule has 1 atom stereocenters. The summed E-state index contributed by atoms with van der Waals surface area (Å²) in [7, 11) is 1.53. The maximum Gasteiger partial charge on any atom is 0.251 e. The zero-order valence-corrected chi connectivity index (χ0v) is 17.6. The SMILES string of the molecule is COCC(=O)N1CCC(Oc2ccc(C(=O)N[C@@H]3CCOC(C)(C)C3)cc2)CC1. The molecule has 0 unspecified atom stereocenters. The normalized spacial score (nSPS) is 22.2. The van der Waals surface area contributed by atoms with Crippen molar-refractivity contribution in [2.45, 2.75) is 57.3 Å². The fourth-order valence-corrected chi connectivity index (χ4v) is 3.94. The van der Waals surface area contributed by atoms with E-state index in [9.17, 15) is 9.59 Å². The molecule has 160 valence electrons. The van der Waals surface area contributed by atoms with E-state index >= 15 is 0 Å². The van der Waals surface area contributed by atoms with Crippen molar-refractivity contribution in [1.29, 1.82) is 0 Å².